The topological polar surface area (TPSA) is 32.3 Å². The third-order valence-electron chi connectivity index (χ3n) is 2.27. The summed E-state index contributed by atoms with van der Waals surface area (Å²) >= 11 is 1.72. The van der Waals surface area contributed by atoms with Gasteiger partial charge < -0.3 is 10.4 Å². The van der Waals surface area contributed by atoms with Gasteiger partial charge in [0.25, 0.3) is 0 Å². The van der Waals surface area contributed by atoms with Crippen LogP contribution >= 0.6 is 11.3 Å². The maximum absolute atomic E-state index is 9.23. The van der Waals surface area contributed by atoms with E-state index in [9.17, 15) is 5.11 Å². The summed E-state index contributed by atoms with van der Waals surface area (Å²) in [5.74, 6) is 0. The number of hydrogen-bond donors (Lipinski definition) is 2. The zero-order valence-electron chi connectivity index (χ0n) is 9.03. The van der Waals surface area contributed by atoms with Gasteiger partial charge in [-0.15, -0.1) is 0 Å². The van der Waals surface area contributed by atoms with Crippen LogP contribution in [0.25, 0.3) is 0 Å². The number of aliphatic hydroxyl groups is 1. The van der Waals surface area contributed by atoms with E-state index < -0.39 is 0 Å². The second-order valence-corrected chi connectivity index (χ2v) is 4.71. The summed E-state index contributed by atoms with van der Waals surface area (Å²) in [5.41, 5.74) is 1.33. The normalized spacial score (nSPS) is 17.7. The van der Waals surface area contributed by atoms with Gasteiger partial charge >= 0.3 is 0 Å². The molecule has 0 bridgehead atoms. The minimum atomic E-state index is -0.229. The first-order chi connectivity index (χ1) is 6.59. The molecule has 1 aromatic rings. The van der Waals surface area contributed by atoms with Crippen molar-refractivity contribution in [3.05, 3.63) is 22.4 Å². The molecule has 1 heterocycles. The Morgan fingerprint density at radius 1 is 1.43 bits per heavy atom. The zero-order valence-corrected chi connectivity index (χ0v) is 9.84. The van der Waals surface area contributed by atoms with Gasteiger partial charge in [-0.05, 0) is 49.6 Å². The highest BCUT2D eigenvalue weighted by molar-refractivity contribution is 7.07. The molecule has 0 fully saturated rings. The number of hydrogen-bond acceptors (Lipinski definition) is 3. The zero-order chi connectivity index (χ0) is 10.6. The lowest BCUT2D eigenvalue weighted by Gasteiger charge is -2.20. The van der Waals surface area contributed by atoms with Crippen LogP contribution in [0.3, 0.4) is 0 Å². The summed E-state index contributed by atoms with van der Waals surface area (Å²) in [7, 11) is 0. The summed E-state index contributed by atoms with van der Waals surface area (Å²) in [6.45, 7) is 6.09. The Balaban J connectivity index is 2.37. The molecule has 0 aliphatic carbocycles. The quantitative estimate of drug-likeness (QED) is 0.788. The van der Waals surface area contributed by atoms with Crippen LogP contribution in [-0.4, -0.2) is 17.3 Å². The number of aliphatic hydroxyl groups excluding tert-OH is 1. The van der Waals surface area contributed by atoms with Gasteiger partial charge in [-0.25, -0.2) is 0 Å². The van der Waals surface area contributed by atoms with E-state index in [0.29, 0.717) is 12.1 Å². The molecule has 2 nitrogen and oxygen atoms in total. The molecule has 14 heavy (non-hydrogen) atoms. The van der Waals surface area contributed by atoms with Crippen molar-refractivity contribution in [3.63, 3.8) is 0 Å². The predicted molar refractivity (Wildman–Crippen MR) is 61.6 cm³/mol. The third kappa shape index (κ3) is 3.78. The molecule has 1 aromatic heterocycles. The number of rotatable bonds is 5. The van der Waals surface area contributed by atoms with E-state index in [0.717, 1.165) is 6.42 Å². The Morgan fingerprint density at radius 2 is 2.14 bits per heavy atom. The van der Waals surface area contributed by atoms with Crippen LogP contribution < -0.4 is 5.32 Å². The first-order valence-corrected chi connectivity index (χ1v) is 6.00. The second kappa shape index (κ2) is 5.49. The highest BCUT2D eigenvalue weighted by Gasteiger charge is 2.11. The molecule has 0 aliphatic rings. The standard InChI is InChI=1S/C11H19NOS/c1-8(6-9(2)13)12-10(3)11-4-5-14-7-11/h4-5,7-10,12-13H,6H2,1-3H3. The maximum Gasteiger partial charge on any atom is 0.0526 e. The summed E-state index contributed by atoms with van der Waals surface area (Å²) in [6, 6.07) is 2.86. The molecule has 80 valence electrons. The molecule has 1 rings (SSSR count). The van der Waals surface area contributed by atoms with Crippen LogP contribution in [0, 0.1) is 0 Å². The van der Waals surface area contributed by atoms with Gasteiger partial charge in [0.05, 0.1) is 6.10 Å². The van der Waals surface area contributed by atoms with Crippen molar-refractivity contribution >= 4 is 11.3 Å². The largest absolute Gasteiger partial charge is 0.393 e. The number of thiophene rings is 1. The molecular weight excluding hydrogens is 194 g/mol. The van der Waals surface area contributed by atoms with Crippen LogP contribution in [0.1, 0.15) is 38.8 Å². The lowest BCUT2D eigenvalue weighted by Crippen LogP contribution is -2.31. The average Bonchev–Trinajstić information content (AvgIpc) is 2.53. The molecule has 0 saturated carbocycles. The number of nitrogens with one attached hydrogen (secondary N) is 1. The van der Waals surface area contributed by atoms with Gasteiger partial charge in [0.2, 0.25) is 0 Å². The molecule has 2 N–H and O–H groups in total. The summed E-state index contributed by atoms with van der Waals surface area (Å²) < 4.78 is 0. The highest BCUT2D eigenvalue weighted by atomic mass is 32.1. The van der Waals surface area contributed by atoms with E-state index in [1.54, 1.807) is 11.3 Å². The predicted octanol–water partition coefficient (Wildman–Crippen LogP) is 2.56. The monoisotopic (exact) mass is 213 g/mol. The lowest BCUT2D eigenvalue weighted by atomic mass is 10.1. The van der Waals surface area contributed by atoms with Crippen LogP contribution in [0.4, 0.5) is 0 Å². The first-order valence-electron chi connectivity index (χ1n) is 5.05. The summed E-state index contributed by atoms with van der Waals surface area (Å²) in [4.78, 5) is 0. The molecule has 0 saturated heterocycles. The Labute approximate surface area is 90.0 Å². The Hall–Kier alpha value is -0.380. The van der Waals surface area contributed by atoms with Crippen molar-refractivity contribution in [2.75, 3.05) is 0 Å². The fourth-order valence-electron chi connectivity index (χ4n) is 1.62. The van der Waals surface area contributed by atoms with Crippen LogP contribution in [-0.2, 0) is 0 Å². The summed E-state index contributed by atoms with van der Waals surface area (Å²) in [6.07, 6.45) is 0.571. The molecule has 3 heteroatoms. The molecule has 0 amide bonds. The van der Waals surface area contributed by atoms with Gasteiger partial charge in [0.15, 0.2) is 0 Å². The SMILES string of the molecule is CC(O)CC(C)NC(C)c1ccsc1. The van der Waals surface area contributed by atoms with Crippen molar-refractivity contribution in [2.45, 2.75) is 45.4 Å². The van der Waals surface area contributed by atoms with E-state index in [4.69, 9.17) is 0 Å². The summed E-state index contributed by atoms with van der Waals surface area (Å²) in [5, 5.41) is 16.9. The molecule has 0 aliphatic heterocycles. The van der Waals surface area contributed by atoms with Gasteiger partial charge in [-0.1, -0.05) is 0 Å². The molecule has 0 radical (unpaired) electrons. The van der Waals surface area contributed by atoms with E-state index in [1.165, 1.54) is 5.56 Å². The van der Waals surface area contributed by atoms with E-state index in [1.807, 2.05) is 6.92 Å². The van der Waals surface area contributed by atoms with Crippen LogP contribution in [0.2, 0.25) is 0 Å². The molecule has 3 unspecified atom stereocenters. The maximum atomic E-state index is 9.23. The first kappa shape index (κ1) is 11.7. The van der Waals surface area contributed by atoms with Crippen molar-refractivity contribution in [3.8, 4) is 0 Å². The smallest absolute Gasteiger partial charge is 0.0526 e. The fraction of sp³-hybridized carbons (Fsp3) is 0.636. The van der Waals surface area contributed by atoms with E-state index >= 15 is 0 Å². The minimum absolute atomic E-state index is 0.229. The Morgan fingerprint density at radius 3 is 2.64 bits per heavy atom. The van der Waals surface area contributed by atoms with Gasteiger partial charge in [0, 0.05) is 12.1 Å². The minimum Gasteiger partial charge on any atom is -0.393 e. The third-order valence-corrected chi connectivity index (χ3v) is 2.97. The highest BCUT2D eigenvalue weighted by Crippen LogP contribution is 2.16. The Kier molecular flexibility index (Phi) is 4.58. The molecule has 0 spiro atoms. The lowest BCUT2D eigenvalue weighted by molar-refractivity contribution is 0.168. The van der Waals surface area contributed by atoms with E-state index in [2.05, 4.69) is 36.0 Å². The molecule has 3 atom stereocenters. The van der Waals surface area contributed by atoms with Gasteiger partial charge in [-0.3, -0.25) is 0 Å². The fourth-order valence-corrected chi connectivity index (χ4v) is 2.38. The van der Waals surface area contributed by atoms with Crippen molar-refractivity contribution < 1.29 is 5.11 Å². The van der Waals surface area contributed by atoms with Crippen LogP contribution in [0.15, 0.2) is 16.8 Å². The molecule has 0 aromatic carbocycles. The van der Waals surface area contributed by atoms with Crippen molar-refractivity contribution in [1.82, 2.24) is 5.32 Å². The second-order valence-electron chi connectivity index (χ2n) is 3.93. The van der Waals surface area contributed by atoms with Crippen molar-refractivity contribution in [1.29, 1.82) is 0 Å². The van der Waals surface area contributed by atoms with E-state index in [-0.39, 0.29) is 6.10 Å². The average molecular weight is 213 g/mol. The van der Waals surface area contributed by atoms with Crippen molar-refractivity contribution in [2.24, 2.45) is 0 Å². The molecular formula is C11H19NOS. The van der Waals surface area contributed by atoms with Crippen LogP contribution in [0.5, 0.6) is 0 Å². The van der Waals surface area contributed by atoms with Gasteiger partial charge in [-0.2, -0.15) is 11.3 Å². The van der Waals surface area contributed by atoms with Gasteiger partial charge in [0.1, 0.15) is 0 Å². The Bertz CT molecular complexity index is 246.